The quantitative estimate of drug-likeness (QED) is 0.0816. The molecule has 0 spiro atoms. The summed E-state index contributed by atoms with van der Waals surface area (Å²) in [5, 5.41) is -0.928. The summed E-state index contributed by atoms with van der Waals surface area (Å²) in [4.78, 5) is 39.4. The van der Waals surface area contributed by atoms with Gasteiger partial charge in [0.25, 0.3) is 0 Å². The number of hydrogen-bond acceptors (Lipinski definition) is 6. The van der Waals surface area contributed by atoms with Gasteiger partial charge in [0.1, 0.15) is 0 Å². The van der Waals surface area contributed by atoms with Crippen molar-refractivity contribution in [1.82, 2.24) is 0 Å². The number of halogens is 16. The molecule has 0 aliphatic rings. The Labute approximate surface area is 306 Å². The molecule has 0 aliphatic carbocycles. The fourth-order valence-electron chi connectivity index (χ4n) is 5.19. The van der Waals surface area contributed by atoms with Gasteiger partial charge in [-0.3, -0.25) is 0 Å². The van der Waals surface area contributed by atoms with Gasteiger partial charge in [-0.25, -0.2) is 0 Å². The molecule has 2 aromatic heterocycles. The summed E-state index contributed by atoms with van der Waals surface area (Å²) in [5.41, 5.74) is -1.97. The van der Waals surface area contributed by atoms with Gasteiger partial charge in [0, 0.05) is 0 Å². The molecule has 4 aromatic carbocycles. The third-order valence-electron chi connectivity index (χ3n) is 8.20. The zero-order chi connectivity index (χ0) is 41.6. The molecule has 0 unspecified atom stereocenters. The standard InChI is InChI=1S/C34H14F15IO6/c35-28(36,29(37,38)30(39,40)31(41,42)32(43,44)33(45,46)34(47,48)49)27(53)56-50(15-9-11-23-19(13-15)25(51)17-5-1-3-7-21(17)54-23)16-10-12-24-20(14-16)26(52)18-6-2-4-8-22(18)55-24/h1-14H. The van der Waals surface area contributed by atoms with Crippen LogP contribution in [-0.4, -0.2) is 47.7 Å². The van der Waals surface area contributed by atoms with E-state index in [4.69, 9.17) is 8.83 Å². The Balaban J connectivity index is 1.50. The maximum atomic E-state index is 15.1. The van der Waals surface area contributed by atoms with Gasteiger partial charge in [0.2, 0.25) is 0 Å². The van der Waals surface area contributed by atoms with Crippen LogP contribution in [0.25, 0.3) is 43.9 Å². The fraction of sp³-hybridized carbons (Fsp3) is 0.206. The van der Waals surface area contributed by atoms with Gasteiger partial charge in [-0.2, -0.15) is 0 Å². The average molecular weight is 930 g/mol. The fourth-order valence-corrected chi connectivity index (χ4v) is 9.30. The molecule has 0 atom stereocenters. The predicted molar refractivity (Wildman–Crippen MR) is 173 cm³/mol. The molecular weight excluding hydrogens is 916 g/mol. The molecule has 0 amide bonds. The Morgan fingerprint density at radius 2 is 0.821 bits per heavy atom. The summed E-state index contributed by atoms with van der Waals surface area (Å²) >= 11 is -4.87. The number of hydrogen-bond donors (Lipinski definition) is 0. The van der Waals surface area contributed by atoms with Crippen molar-refractivity contribution in [3.63, 3.8) is 0 Å². The van der Waals surface area contributed by atoms with Crippen molar-refractivity contribution in [2.45, 2.75) is 41.7 Å². The van der Waals surface area contributed by atoms with Crippen LogP contribution in [0.1, 0.15) is 0 Å². The number of carbonyl (C=O) groups is 1. The van der Waals surface area contributed by atoms with Crippen molar-refractivity contribution in [3.8, 4) is 0 Å². The first-order chi connectivity index (χ1) is 25.7. The van der Waals surface area contributed by atoms with Crippen molar-refractivity contribution < 1.29 is 82.6 Å². The second-order valence-electron chi connectivity index (χ2n) is 11.7. The van der Waals surface area contributed by atoms with Crippen molar-refractivity contribution in [1.29, 1.82) is 0 Å². The maximum absolute atomic E-state index is 15.1. The zero-order valence-corrected chi connectivity index (χ0v) is 28.7. The van der Waals surface area contributed by atoms with Crippen molar-refractivity contribution in [3.05, 3.63) is 113 Å². The molecule has 6 rings (SSSR count). The first kappa shape index (κ1) is 40.6. The molecule has 6 nitrogen and oxygen atoms in total. The SMILES string of the molecule is O=C(OI(c1ccc2oc3ccccc3c(=O)c2c1)c1ccc2oc3ccccc3c(=O)c2c1)C(F)(F)C(F)(F)C(F)(F)C(F)(F)C(F)(F)C(F)(F)C(F)(F)F. The van der Waals surface area contributed by atoms with Crippen LogP contribution in [0.5, 0.6) is 0 Å². The summed E-state index contributed by atoms with van der Waals surface area (Å²) in [7, 11) is 0. The van der Waals surface area contributed by atoms with E-state index in [0.717, 1.165) is 36.4 Å². The van der Waals surface area contributed by atoms with E-state index in [1.165, 1.54) is 48.5 Å². The van der Waals surface area contributed by atoms with E-state index >= 15 is 8.78 Å². The van der Waals surface area contributed by atoms with E-state index in [-0.39, 0.29) is 43.9 Å². The van der Waals surface area contributed by atoms with E-state index in [1.807, 2.05) is 0 Å². The Kier molecular flexibility index (Phi) is 9.44. The Morgan fingerprint density at radius 1 is 0.464 bits per heavy atom. The van der Waals surface area contributed by atoms with Gasteiger partial charge in [0.15, 0.2) is 0 Å². The third-order valence-corrected chi connectivity index (χ3v) is 12.6. The van der Waals surface area contributed by atoms with E-state index in [9.17, 15) is 71.5 Å². The number of fused-ring (bicyclic) bond motifs is 4. The molecule has 0 aliphatic heterocycles. The summed E-state index contributed by atoms with van der Waals surface area (Å²) in [5.74, 6) is -53.3. The molecule has 56 heavy (non-hydrogen) atoms. The van der Waals surface area contributed by atoms with Crippen molar-refractivity contribution in [2.75, 3.05) is 0 Å². The monoisotopic (exact) mass is 930 g/mol. The summed E-state index contributed by atoms with van der Waals surface area (Å²) in [6, 6.07) is 16.5. The predicted octanol–water partition coefficient (Wildman–Crippen LogP) is 10.6. The van der Waals surface area contributed by atoms with Crippen LogP contribution >= 0.6 is 20.2 Å². The van der Waals surface area contributed by atoms with Gasteiger partial charge in [-0.05, 0) is 0 Å². The van der Waals surface area contributed by atoms with E-state index in [1.54, 1.807) is 0 Å². The van der Waals surface area contributed by atoms with E-state index in [0.29, 0.717) is 0 Å². The van der Waals surface area contributed by atoms with Crippen molar-refractivity contribution >= 4 is 70.1 Å². The van der Waals surface area contributed by atoms with Crippen molar-refractivity contribution in [2.24, 2.45) is 0 Å². The zero-order valence-electron chi connectivity index (χ0n) is 26.6. The first-order valence-corrected chi connectivity index (χ1v) is 17.9. The normalized spacial score (nSPS) is 14.2. The molecule has 2 heterocycles. The minimum atomic E-state index is -8.63. The molecule has 0 N–H and O–H groups in total. The van der Waals surface area contributed by atoms with Crippen LogP contribution < -0.4 is 10.9 Å². The van der Waals surface area contributed by atoms with Gasteiger partial charge in [0.05, 0.1) is 0 Å². The van der Waals surface area contributed by atoms with Crippen LogP contribution in [0.2, 0.25) is 0 Å². The minimum absolute atomic E-state index is 0.0335. The van der Waals surface area contributed by atoms with Crippen LogP contribution in [0.3, 0.4) is 0 Å². The van der Waals surface area contributed by atoms with Crippen LogP contribution in [0.4, 0.5) is 65.9 Å². The molecule has 0 bridgehead atoms. The molecule has 0 saturated carbocycles. The third kappa shape index (κ3) is 5.83. The first-order valence-electron chi connectivity index (χ1n) is 14.9. The molecule has 298 valence electrons. The molecule has 22 heteroatoms. The Bertz CT molecular complexity index is 2540. The van der Waals surface area contributed by atoms with Crippen LogP contribution in [-0.2, 0) is 7.86 Å². The average Bonchev–Trinajstić information content (AvgIpc) is 3.13. The number of carbonyl (C=O) groups excluding carboxylic acids is 1. The summed E-state index contributed by atoms with van der Waals surface area (Å²) < 4.78 is 224. The molecular formula is C34H14F15IO6. The van der Waals surface area contributed by atoms with Crippen LogP contribution in [0.15, 0.2) is 103 Å². The van der Waals surface area contributed by atoms with Gasteiger partial charge in [-0.15, -0.1) is 0 Å². The summed E-state index contributed by atoms with van der Waals surface area (Å²) in [6.07, 6.45) is -7.81. The molecule has 0 radical (unpaired) electrons. The molecule has 0 saturated heterocycles. The van der Waals surface area contributed by atoms with E-state index < -0.39 is 85.9 Å². The van der Waals surface area contributed by atoms with Gasteiger partial charge < -0.3 is 0 Å². The number of rotatable bonds is 9. The Morgan fingerprint density at radius 3 is 1.23 bits per heavy atom. The van der Waals surface area contributed by atoms with Gasteiger partial charge >= 0.3 is 307 Å². The van der Waals surface area contributed by atoms with Crippen LogP contribution in [0, 0.1) is 7.14 Å². The number of para-hydroxylation sites is 2. The van der Waals surface area contributed by atoms with Gasteiger partial charge in [-0.1, -0.05) is 0 Å². The number of alkyl halides is 15. The second kappa shape index (κ2) is 13.0. The Hall–Kier alpha value is -5.03. The molecule has 6 aromatic rings. The number of benzene rings is 4. The summed E-state index contributed by atoms with van der Waals surface area (Å²) in [6.45, 7) is 0. The topological polar surface area (TPSA) is 86.7 Å². The van der Waals surface area contributed by atoms with E-state index in [2.05, 4.69) is 3.07 Å². The second-order valence-corrected chi connectivity index (χ2v) is 16.0. The molecule has 0 fully saturated rings.